The first-order valence-corrected chi connectivity index (χ1v) is 7.44. The minimum Gasteiger partial charge on any atom is -0.334 e. The molecule has 0 aliphatic heterocycles. The normalized spacial score (nSPS) is 25.8. The summed E-state index contributed by atoms with van der Waals surface area (Å²) in [5.74, 6) is -0.557. The van der Waals surface area contributed by atoms with Crippen molar-refractivity contribution in [3.05, 3.63) is 34.1 Å². The van der Waals surface area contributed by atoms with Gasteiger partial charge in [-0.05, 0) is 59.7 Å². The van der Waals surface area contributed by atoms with Crippen LogP contribution in [-0.2, 0) is 0 Å². The Balaban J connectivity index is 2.18. The van der Waals surface area contributed by atoms with Gasteiger partial charge in [-0.1, -0.05) is 13.0 Å². The maximum absolute atomic E-state index is 13.9. The zero-order chi connectivity index (χ0) is 14.8. The van der Waals surface area contributed by atoms with Gasteiger partial charge in [0.2, 0.25) is 0 Å². The average Bonchev–Trinajstić information content (AvgIpc) is 2.44. The van der Waals surface area contributed by atoms with E-state index in [2.05, 4.69) is 34.2 Å². The molecule has 1 saturated carbocycles. The lowest BCUT2D eigenvalue weighted by Gasteiger charge is -2.34. The number of carbonyl (C=O) groups is 1. The van der Waals surface area contributed by atoms with Gasteiger partial charge in [0, 0.05) is 0 Å². The largest absolute Gasteiger partial charge is 0.334 e. The van der Waals surface area contributed by atoms with Gasteiger partial charge in [-0.25, -0.2) is 4.39 Å². The molecule has 2 rings (SSSR count). The standard InChI is InChI=1S/C15H16BrFN2O/c1-10-5-7-15(9-18,8-6-10)19-14(20)11-3-2-4-12(16)13(11)17/h2-4,10H,5-8H2,1H3,(H,19,20). The number of nitrogens with zero attached hydrogens (tertiary/aromatic N) is 1. The zero-order valence-electron chi connectivity index (χ0n) is 11.2. The molecule has 0 radical (unpaired) electrons. The van der Waals surface area contributed by atoms with Crippen molar-refractivity contribution in [2.45, 2.75) is 38.1 Å². The second kappa shape index (κ2) is 5.92. The van der Waals surface area contributed by atoms with E-state index in [1.54, 1.807) is 6.07 Å². The lowest BCUT2D eigenvalue weighted by molar-refractivity contribution is 0.0889. The predicted octanol–water partition coefficient (Wildman–Crippen LogP) is 3.79. The minimum absolute atomic E-state index is 0.0346. The fraction of sp³-hybridized carbons (Fsp3) is 0.467. The van der Waals surface area contributed by atoms with Crippen molar-refractivity contribution in [2.24, 2.45) is 5.92 Å². The van der Waals surface area contributed by atoms with Crippen molar-refractivity contribution in [1.82, 2.24) is 5.32 Å². The van der Waals surface area contributed by atoms with Crippen molar-refractivity contribution in [2.75, 3.05) is 0 Å². The van der Waals surface area contributed by atoms with Gasteiger partial charge in [0.25, 0.3) is 5.91 Å². The van der Waals surface area contributed by atoms with E-state index < -0.39 is 17.3 Å². The highest BCUT2D eigenvalue weighted by Gasteiger charge is 2.36. The Hall–Kier alpha value is -1.41. The van der Waals surface area contributed by atoms with E-state index in [-0.39, 0.29) is 10.0 Å². The molecule has 1 aliphatic rings. The van der Waals surface area contributed by atoms with Crippen molar-refractivity contribution < 1.29 is 9.18 Å². The van der Waals surface area contributed by atoms with E-state index in [1.807, 2.05) is 0 Å². The van der Waals surface area contributed by atoms with Crippen LogP contribution in [0.15, 0.2) is 22.7 Å². The predicted molar refractivity (Wildman–Crippen MR) is 77.5 cm³/mol. The third kappa shape index (κ3) is 3.01. The summed E-state index contributed by atoms with van der Waals surface area (Å²) in [5, 5.41) is 12.1. The molecule has 0 heterocycles. The van der Waals surface area contributed by atoms with Crippen molar-refractivity contribution in [3.8, 4) is 6.07 Å². The van der Waals surface area contributed by atoms with Crippen molar-refractivity contribution in [1.29, 1.82) is 5.26 Å². The van der Waals surface area contributed by atoms with Gasteiger partial charge in [0.15, 0.2) is 0 Å². The first kappa shape index (κ1) is 15.0. The van der Waals surface area contributed by atoms with Gasteiger partial charge in [0.1, 0.15) is 11.4 Å². The lowest BCUT2D eigenvalue weighted by atomic mass is 9.78. The van der Waals surface area contributed by atoms with Crippen LogP contribution in [0.1, 0.15) is 43.0 Å². The molecule has 0 unspecified atom stereocenters. The van der Waals surface area contributed by atoms with Crippen LogP contribution in [0.2, 0.25) is 0 Å². The molecule has 0 bridgehead atoms. The highest BCUT2D eigenvalue weighted by Crippen LogP contribution is 2.32. The molecule has 3 nitrogen and oxygen atoms in total. The van der Waals surface area contributed by atoms with Gasteiger partial charge in [-0.2, -0.15) is 5.26 Å². The van der Waals surface area contributed by atoms with E-state index >= 15 is 0 Å². The first-order chi connectivity index (χ1) is 9.47. The summed E-state index contributed by atoms with van der Waals surface area (Å²) in [6.07, 6.45) is 3.03. The molecule has 106 valence electrons. The maximum Gasteiger partial charge on any atom is 0.255 e. The molecule has 5 heteroatoms. The fourth-order valence-corrected chi connectivity index (χ4v) is 2.85. The third-order valence-corrected chi connectivity index (χ3v) is 4.50. The number of halogens is 2. The number of nitriles is 1. The fourth-order valence-electron chi connectivity index (χ4n) is 2.48. The SMILES string of the molecule is CC1CCC(C#N)(NC(=O)c2cccc(Br)c2F)CC1. The van der Waals surface area contributed by atoms with Crippen molar-refractivity contribution >= 4 is 21.8 Å². The highest BCUT2D eigenvalue weighted by atomic mass is 79.9. The van der Waals surface area contributed by atoms with Gasteiger partial charge >= 0.3 is 0 Å². The van der Waals surface area contributed by atoms with Crippen LogP contribution in [0.3, 0.4) is 0 Å². The number of amides is 1. The molecule has 0 aromatic heterocycles. The van der Waals surface area contributed by atoms with E-state index in [9.17, 15) is 14.4 Å². The molecular weight excluding hydrogens is 323 g/mol. The zero-order valence-corrected chi connectivity index (χ0v) is 12.8. The minimum atomic E-state index is -0.863. The quantitative estimate of drug-likeness (QED) is 0.891. The summed E-state index contributed by atoms with van der Waals surface area (Å²) in [4.78, 5) is 12.2. The van der Waals surface area contributed by atoms with Crippen LogP contribution in [0.5, 0.6) is 0 Å². The lowest BCUT2D eigenvalue weighted by Crippen LogP contribution is -2.49. The van der Waals surface area contributed by atoms with Gasteiger partial charge in [0.05, 0.1) is 16.1 Å². The van der Waals surface area contributed by atoms with Crippen LogP contribution in [0.25, 0.3) is 0 Å². The Bertz CT molecular complexity index is 559. The monoisotopic (exact) mass is 338 g/mol. The Kier molecular flexibility index (Phi) is 4.44. The van der Waals surface area contributed by atoms with Crippen LogP contribution in [0, 0.1) is 23.1 Å². The number of carbonyl (C=O) groups excluding carboxylic acids is 1. The molecule has 0 atom stereocenters. The molecule has 1 N–H and O–H groups in total. The Morgan fingerprint density at radius 1 is 1.50 bits per heavy atom. The van der Waals surface area contributed by atoms with Gasteiger partial charge in [-0.3, -0.25) is 4.79 Å². The number of hydrogen-bond donors (Lipinski definition) is 1. The molecule has 0 saturated heterocycles. The summed E-state index contributed by atoms with van der Waals surface area (Å²) in [6.45, 7) is 2.14. The Morgan fingerprint density at radius 2 is 2.15 bits per heavy atom. The van der Waals surface area contributed by atoms with E-state index in [1.165, 1.54) is 12.1 Å². The summed E-state index contributed by atoms with van der Waals surface area (Å²) in [7, 11) is 0. The second-order valence-electron chi connectivity index (χ2n) is 5.43. The maximum atomic E-state index is 13.9. The number of nitrogens with one attached hydrogen (secondary N) is 1. The van der Waals surface area contributed by atoms with E-state index in [0.29, 0.717) is 18.8 Å². The number of hydrogen-bond acceptors (Lipinski definition) is 2. The van der Waals surface area contributed by atoms with E-state index in [4.69, 9.17) is 0 Å². The molecule has 1 aromatic rings. The average molecular weight is 339 g/mol. The third-order valence-electron chi connectivity index (χ3n) is 3.89. The first-order valence-electron chi connectivity index (χ1n) is 6.65. The topological polar surface area (TPSA) is 52.9 Å². The van der Waals surface area contributed by atoms with Crippen molar-refractivity contribution in [3.63, 3.8) is 0 Å². The summed E-state index contributed by atoms with van der Waals surface area (Å²) < 4.78 is 14.2. The molecule has 0 spiro atoms. The van der Waals surface area contributed by atoms with Crippen LogP contribution < -0.4 is 5.32 Å². The molecule has 1 fully saturated rings. The summed E-state index contributed by atoms with van der Waals surface area (Å²) >= 11 is 3.06. The molecule has 20 heavy (non-hydrogen) atoms. The highest BCUT2D eigenvalue weighted by molar-refractivity contribution is 9.10. The van der Waals surface area contributed by atoms with E-state index in [0.717, 1.165) is 12.8 Å². The van der Waals surface area contributed by atoms with Crippen LogP contribution in [-0.4, -0.2) is 11.4 Å². The Morgan fingerprint density at radius 3 is 2.75 bits per heavy atom. The number of rotatable bonds is 2. The molecule has 1 aromatic carbocycles. The molecular formula is C15H16BrFN2O. The Labute approximate surface area is 126 Å². The van der Waals surface area contributed by atoms with Gasteiger partial charge in [-0.15, -0.1) is 0 Å². The smallest absolute Gasteiger partial charge is 0.255 e. The van der Waals surface area contributed by atoms with Crippen LogP contribution >= 0.6 is 15.9 Å². The second-order valence-corrected chi connectivity index (χ2v) is 6.29. The molecule has 1 aliphatic carbocycles. The van der Waals surface area contributed by atoms with Crippen LogP contribution in [0.4, 0.5) is 4.39 Å². The van der Waals surface area contributed by atoms with Gasteiger partial charge < -0.3 is 5.32 Å². The number of benzene rings is 1. The molecule has 1 amide bonds. The summed E-state index contributed by atoms with van der Waals surface area (Å²) in [5.41, 5.74) is -0.897. The summed E-state index contributed by atoms with van der Waals surface area (Å²) in [6, 6.07) is 6.77.